The van der Waals surface area contributed by atoms with E-state index in [1.165, 1.54) is 6.33 Å². The quantitative estimate of drug-likeness (QED) is 0.155. The van der Waals surface area contributed by atoms with Crippen molar-refractivity contribution in [3.8, 4) is 0 Å². The molecule has 4 atom stereocenters. The van der Waals surface area contributed by atoms with Crippen molar-refractivity contribution in [2.45, 2.75) is 122 Å². The van der Waals surface area contributed by atoms with Crippen LogP contribution in [0.4, 0.5) is 4.79 Å². The molecule has 1 aromatic heterocycles. The first-order chi connectivity index (χ1) is 23.3. The zero-order chi connectivity index (χ0) is 35.6. The highest BCUT2D eigenvalue weighted by atomic mass is 16.6. The molecule has 49 heavy (non-hydrogen) atoms. The molecule has 5 N–H and O–H groups in total. The molecule has 0 unspecified atom stereocenters. The Morgan fingerprint density at radius 1 is 0.918 bits per heavy atom. The van der Waals surface area contributed by atoms with Crippen LogP contribution in [-0.2, 0) is 36.7 Å². The molecule has 3 amide bonds. The average molecular weight is 678 g/mol. The summed E-state index contributed by atoms with van der Waals surface area (Å²) < 4.78 is 10.8. The fraction of sp³-hybridized carbons (Fsp3) is 0.541. The second-order valence-electron chi connectivity index (χ2n) is 14.2. The van der Waals surface area contributed by atoms with Gasteiger partial charge in [0.25, 0.3) is 0 Å². The summed E-state index contributed by atoms with van der Waals surface area (Å²) in [6, 6.07) is 10.3. The van der Waals surface area contributed by atoms with E-state index in [4.69, 9.17) is 9.47 Å². The number of amides is 3. The number of carbonyl (C=O) groups excluding carboxylic acids is 4. The number of imidazole rings is 1. The van der Waals surface area contributed by atoms with E-state index in [0.29, 0.717) is 12.1 Å². The first-order valence-corrected chi connectivity index (χ1v) is 17.2. The molecule has 2 aromatic carbocycles. The Bertz CT molecular complexity index is 1540. The van der Waals surface area contributed by atoms with Gasteiger partial charge in [0, 0.05) is 19.0 Å². The lowest BCUT2D eigenvalue weighted by molar-refractivity contribution is -0.159. The number of aliphatic hydroxyl groups is 1. The van der Waals surface area contributed by atoms with Crippen LogP contribution in [-0.4, -0.2) is 74.9 Å². The van der Waals surface area contributed by atoms with Gasteiger partial charge in [-0.1, -0.05) is 74.6 Å². The molecule has 3 aromatic rings. The van der Waals surface area contributed by atoms with E-state index in [9.17, 15) is 24.3 Å². The third-order valence-corrected chi connectivity index (χ3v) is 8.53. The molecule has 0 spiro atoms. The van der Waals surface area contributed by atoms with Crippen LogP contribution in [0.5, 0.6) is 0 Å². The summed E-state index contributed by atoms with van der Waals surface area (Å²) in [5.41, 5.74) is 0.523. The third kappa shape index (κ3) is 11.6. The number of aromatic nitrogens is 2. The largest absolute Gasteiger partial charge is 0.461 e. The standard InChI is InChI=1S/C37H51N5O7/c1-23(2)48-35(46)32(43)29(18-24-12-7-6-8-13-24)40-34(45)31(20-27-21-38-22-39-27)41-33(44)30(42-36(47)49-37(3,4)5)19-26-16-11-15-25-14-9-10-17-28(25)26/h9-11,14-17,21-24,29-32,43H,6-8,12-13,18-20H2,1-5H3,(H,38,39)(H,40,45)(H,41,44)(H,42,47)/t29-,30+,31-,32-/m0/s1. The van der Waals surface area contributed by atoms with E-state index in [0.717, 1.165) is 48.4 Å². The number of fused-ring (bicyclic) bond motifs is 1. The topological polar surface area (TPSA) is 172 Å². The monoisotopic (exact) mass is 677 g/mol. The number of aliphatic hydroxyl groups excluding tert-OH is 1. The molecule has 1 aliphatic rings. The van der Waals surface area contributed by atoms with Crippen LogP contribution < -0.4 is 16.0 Å². The number of alkyl carbamates (subject to hydrolysis) is 1. The summed E-state index contributed by atoms with van der Waals surface area (Å²) in [5.74, 6) is -1.82. The number of hydrogen-bond acceptors (Lipinski definition) is 8. The van der Waals surface area contributed by atoms with Crippen molar-refractivity contribution < 1.29 is 33.8 Å². The number of nitrogens with zero attached hydrogens (tertiary/aromatic N) is 1. The van der Waals surface area contributed by atoms with Gasteiger partial charge in [-0.05, 0) is 63.3 Å². The molecule has 0 saturated heterocycles. The van der Waals surface area contributed by atoms with Crippen LogP contribution in [0.15, 0.2) is 55.0 Å². The Morgan fingerprint density at radius 2 is 1.59 bits per heavy atom. The molecule has 12 nitrogen and oxygen atoms in total. The van der Waals surface area contributed by atoms with Crippen molar-refractivity contribution in [2.75, 3.05) is 0 Å². The van der Waals surface area contributed by atoms with E-state index in [1.54, 1.807) is 40.8 Å². The molecule has 1 fully saturated rings. The number of hydrogen-bond donors (Lipinski definition) is 5. The number of aromatic amines is 1. The predicted octanol–water partition coefficient (Wildman–Crippen LogP) is 4.49. The molecule has 0 radical (unpaired) electrons. The van der Waals surface area contributed by atoms with Crippen molar-refractivity contribution in [2.24, 2.45) is 5.92 Å². The van der Waals surface area contributed by atoms with Crippen molar-refractivity contribution in [3.63, 3.8) is 0 Å². The van der Waals surface area contributed by atoms with Gasteiger partial charge in [-0.3, -0.25) is 9.59 Å². The average Bonchev–Trinajstić information content (AvgIpc) is 3.56. The SMILES string of the molecule is CC(C)OC(=O)[C@@H](O)[C@H](CC1CCCCC1)NC(=O)[C@H](Cc1c[nH]cn1)NC(=O)[C@@H](Cc1cccc2ccccc12)NC(=O)OC(C)(C)C. The highest BCUT2D eigenvalue weighted by Gasteiger charge is 2.35. The molecule has 12 heteroatoms. The number of rotatable bonds is 14. The van der Waals surface area contributed by atoms with Gasteiger partial charge in [0.1, 0.15) is 17.7 Å². The van der Waals surface area contributed by atoms with Crippen LogP contribution in [0.2, 0.25) is 0 Å². The number of nitrogens with one attached hydrogen (secondary N) is 4. The first kappa shape index (κ1) is 37.4. The van der Waals surface area contributed by atoms with Gasteiger partial charge in [0.2, 0.25) is 11.8 Å². The first-order valence-electron chi connectivity index (χ1n) is 17.2. The fourth-order valence-corrected chi connectivity index (χ4v) is 6.24. The highest BCUT2D eigenvalue weighted by molar-refractivity contribution is 5.93. The van der Waals surface area contributed by atoms with Crippen molar-refractivity contribution >= 4 is 34.6 Å². The van der Waals surface area contributed by atoms with Crippen LogP contribution in [0.3, 0.4) is 0 Å². The van der Waals surface area contributed by atoms with E-state index in [1.807, 2.05) is 42.5 Å². The van der Waals surface area contributed by atoms with E-state index < -0.39 is 59.8 Å². The van der Waals surface area contributed by atoms with Crippen LogP contribution in [0, 0.1) is 5.92 Å². The van der Waals surface area contributed by atoms with Gasteiger partial charge in [-0.15, -0.1) is 0 Å². The zero-order valence-corrected chi connectivity index (χ0v) is 29.2. The summed E-state index contributed by atoms with van der Waals surface area (Å²) in [5, 5.41) is 21.4. The van der Waals surface area contributed by atoms with Crippen molar-refractivity contribution in [3.05, 3.63) is 66.2 Å². The van der Waals surface area contributed by atoms with Gasteiger partial charge >= 0.3 is 12.1 Å². The predicted molar refractivity (Wildman–Crippen MR) is 185 cm³/mol. The van der Waals surface area contributed by atoms with E-state index in [2.05, 4.69) is 25.9 Å². The summed E-state index contributed by atoms with van der Waals surface area (Å²) in [6.07, 6.45) is 5.84. The lowest BCUT2D eigenvalue weighted by Gasteiger charge is -2.31. The number of benzene rings is 2. The van der Waals surface area contributed by atoms with Crippen molar-refractivity contribution in [1.29, 1.82) is 0 Å². The normalized spacial score (nSPS) is 16.3. The Morgan fingerprint density at radius 3 is 2.27 bits per heavy atom. The maximum atomic E-state index is 14.1. The minimum Gasteiger partial charge on any atom is -0.461 e. The number of esters is 1. The maximum absolute atomic E-state index is 14.1. The lowest BCUT2D eigenvalue weighted by atomic mass is 9.83. The Labute approximate surface area is 288 Å². The van der Waals surface area contributed by atoms with Crippen LogP contribution >= 0.6 is 0 Å². The molecule has 266 valence electrons. The molecular weight excluding hydrogens is 626 g/mol. The molecule has 0 bridgehead atoms. The molecule has 0 aliphatic heterocycles. The number of ether oxygens (including phenoxy) is 2. The van der Waals surface area contributed by atoms with Gasteiger partial charge in [0.15, 0.2) is 6.10 Å². The summed E-state index contributed by atoms with van der Waals surface area (Å²) in [7, 11) is 0. The number of H-pyrrole nitrogens is 1. The van der Waals surface area contributed by atoms with E-state index in [-0.39, 0.29) is 18.8 Å². The molecule has 1 heterocycles. The Kier molecular flexibility index (Phi) is 13.2. The molecular formula is C37H51N5O7. The van der Waals surface area contributed by atoms with Gasteiger partial charge in [-0.25, -0.2) is 14.6 Å². The van der Waals surface area contributed by atoms with Gasteiger partial charge in [-0.2, -0.15) is 0 Å². The maximum Gasteiger partial charge on any atom is 0.408 e. The highest BCUT2D eigenvalue weighted by Crippen LogP contribution is 2.28. The van der Waals surface area contributed by atoms with Gasteiger partial charge < -0.3 is 35.5 Å². The summed E-state index contributed by atoms with van der Waals surface area (Å²) in [4.78, 5) is 61.0. The smallest absolute Gasteiger partial charge is 0.408 e. The Hall–Kier alpha value is -4.45. The van der Waals surface area contributed by atoms with E-state index >= 15 is 0 Å². The minimum atomic E-state index is -1.59. The van der Waals surface area contributed by atoms with Crippen molar-refractivity contribution in [1.82, 2.24) is 25.9 Å². The lowest BCUT2D eigenvalue weighted by Crippen LogP contribution is -2.58. The second kappa shape index (κ2) is 17.3. The molecule has 1 saturated carbocycles. The summed E-state index contributed by atoms with van der Waals surface area (Å²) in [6.45, 7) is 8.56. The third-order valence-electron chi connectivity index (χ3n) is 8.53. The Balaban J connectivity index is 1.60. The summed E-state index contributed by atoms with van der Waals surface area (Å²) >= 11 is 0. The minimum absolute atomic E-state index is 0.0111. The molecule has 4 rings (SSSR count). The molecule has 1 aliphatic carbocycles. The zero-order valence-electron chi connectivity index (χ0n) is 29.2. The second-order valence-corrected chi connectivity index (χ2v) is 14.2. The van der Waals surface area contributed by atoms with Gasteiger partial charge in [0.05, 0.1) is 24.2 Å². The van der Waals surface area contributed by atoms with Crippen LogP contribution in [0.25, 0.3) is 10.8 Å². The van der Waals surface area contributed by atoms with Crippen LogP contribution in [0.1, 0.15) is 84.4 Å². The number of carbonyl (C=O) groups is 4. The fourth-order valence-electron chi connectivity index (χ4n) is 6.24.